The van der Waals surface area contributed by atoms with Crippen LogP contribution in [0, 0.1) is 0 Å². The maximum absolute atomic E-state index is 12.0. The molecule has 0 bridgehead atoms. The van der Waals surface area contributed by atoms with E-state index in [1.165, 1.54) is 0 Å². The quantitative estimate of drug-likeness (QED) is 0.761. The summed E-state index contributed by atoms with van der Waals surface area (Å²) in [4.78, 5) is 12.0. The summed E-state index contributed by atoms with van der Waals surface area (Å²) in [5, 5.41) is 3.38. The second-order valence-electron chi connectivity index (χ2n) is 6.99. The Bertz CT molecular complexity index is 733. The zero-order chi connectivity index (χ0) is 19.2. The van der Waals surface area contributed by atoms with E-state index in [2.05, 4.69) is 5.32 Å². The number of hydrogen-bond acceptors (Lipinski definition) is 5. The monoisotopic (exact) mass is 357 g/mol. The van der Waals surface area contributed by atoms with Crippen molar-refractivity contribution in [3.8, 4) is 11.5 Å². The average molecular weight is 357 g/mol. The van der Waals surface area contributed by atoms with Crippen molar-refractivity contribution in [1.82, 2.24) is 5.32 Å². The zero-order valence-corrected chi connectivity index (χ0v) is 16.1. The van der Waals surface area contributed by atoms with E-state index in [0.717, 1.165) is 11.1 Å². The lowest BCUT2D eigenvalue weighted by atomic mass is 10.1. The van der Waals surface area contributed by atoms with Crippen LogP contribution in [-0.4, -0.2) is 25.8 Å². The molecule has 2 aromatic carbocycles. The van der Waals surface area contributed by atoms with Gasteiger partial charge in [0.05, 0.1) is 19.8 Å². The first kappa shape index (κ1) is 19.8. The summed E-state index contributed by atoms with van der Waals surface area (Å²) >= 11 is 0. The Morgan fingerprint density at radius 3 is 2.04 bits per heavy atom. The van der Waals surface area contributed by atoms with E-state index in [9.17, 15) is 4.79 Å². The first-order valence-electron chi connectivity index (χ1n) is 8.56. The molecular formula is C21H27NO4. The second-order valence-corrected chi connectivity index (χ2v) is 6.99. The van der Waals surface area contributed by atoms with Crippen molar-refractivity contribution in [3.63, 3.8) is 0 Å². The smallest absolute Gasteiger partial charge is 0.338 e. The number of benzene rings is 2. The largest absolute Gasteiger partial charge is 0.493 e. The third kappa shape index (κ3) is 5.77. The number of esters is 1. The average Bonchev–Trinajstić information content (AvgIpc) is 2.60. The Kier molecular flexibility index (Phi) is 6.64. The van der Waals surface area contributed by atoms with Crippen LogP contribution < -0.4 is 14.8 Å². The normalized spacial score (nSPS) is 11.1. The summed E-state index contributed by atoms with van der Waals surface area (Å²) in [6, 6.07) is 13.3. The van der Waals surface area contributed by atoms with Crippen LogP contribution in [0.2, 0.25) is 0 Å². The standard InChI is InChI=1S/C21H27NO4/c1-21(2,3)26-20(23)17-9-6-15(7-10-17)13-22-14-16-8-11-18(24-4)19(12-16)25-5/h6-12,22H,13-14H2,1-5H3. The number of carbonyl (C=O) groups excluding carboxylic acids is 1. The summed E-state index contributed by atoms with van der Waals surface area (Å²) in [6.45, 7) is 6.98. The van der Waals surface area contributed by atoms with Gasteiger partial charge in [0.15, 0.2) is 11.5 Å². The van der Waals surface area contributed by atoms with Crippen molar-refractivity contribution in [1.29, 1.82) is 0 Å². The van der Waals surface area contributed by atoms with Crippen molar-refractivity contribution < 1.29 is 19.0 Å². The van der Waals surface area contributed by atoms with Gasteiger partial charge in [-0.1, -0.05) is 18.2 Å². The Morgan fingerprint density at radius 1 is 0.885 bits per heavy atom. The van der Waals surface area contributed by atoms with Gasteiger partial charge in [-0.2, -0.15) is 0 Å². The van der Waals surface area contributed by atoms with E-state index in [-0.39, 0.29) is 5.97 Å². The highest BCUT2D eigenvalue weighted by atomic mass is 16.6. The Balaban J connectivity index is 1.89. The Hall–Kier alpha value is -2.53. The highest BCUT2D eigenvalue weighted by molar-refractivity contribution is 5.89. The molecule has 0 radical (unpaired) electrons. The van der Waals surface area contributed by atoms with E-state index in [1.807, 2.05) is 51.1 Å². The van der Waals surface area contributed by atoms with Gasteiger partial charge >= 0.3 is 5.97 Å². The van der Waals surface area contributed by atoms with Crippen molar-refractivity contribution in [2.24, 2.45) is 0 Å². The van der Waals surface area contributed by atoms with Gasteiger partial charge in [0, 0.05) is 13.1 Å². The summed E-state index contributed by atoms with van der Waals surface area (Å²) < 4.78 is 15.9. The van der Waals surface area contributed by atoms with Gasteiger partial charge in [0.1, 0.15) is 5.60 Å². The molecule has 0 aliphatic rings. The molecule has 0 unspecified atom stereocenters. The van der Waals surface area contributed by atoms with E-state index in [4.69, 9.17) is 14.2 Å². The second kappa shape index (κ2) is 8.72. The molecule has 0 amide bonds. The number of carbonyl (C=O) groups is 1. The molecule has 140 valence electrons. The molecule has 0 spiro atoms. The van der Waals surface area contributed by atoms with Crippen LogP contribution in [0.25, 0.3) is 0 Å². The highest BCUT2D eigenvalue weighted by Gasteiger charge is 2.17. The first-order valence-corrected chi connectivity index (χ1v) is 8.56. The fourth-order valence-corrected chi connectivity index (χ4v) is 2.44. The fourth-order valence-electron chi connectivity index (χ4n) is 2.44. The van der Waals surface area contributed by atoms with Crippen molar-refractivity contribution in [2.45, 2.75) is 39.5 Å². The van der Waals surface area contributed by atoms with Crippen molar-refractivity contribution in [2.75, 3.05) is 14.2 Å². The van der Waals surface area contributed by atoms with Crippen LogP contribution in [-0.2, 0) is 17.8 Å². The Labute approximate surface area is 155 Å². The molecule has 0 fully saturated rings. The van der Waals surface area contributed by atoms with Crippen LogP contribution in [0.15, 0.2) is 42.5 Å². The molecule has 5 heteroatoms. The van der Waals surface area contributed by atoms with Crippen LogP contribution in [0.1, 0.15) is 42.3 Å². The molecule has 0 heterocycles. The van der Waals surface area contributed by atoms with Crippen LogP contribution >= 0.6 is 0 Å². The maximum Gasteiger partial charge on any atom is 0.338 e. The van der Waals surface area contributed by atoms with Gasteiger partial charge in [-0.25, -0.2) is 4.79 Å². The lowest BCUT2D eigenvalue weighted by molar-refractivity contribution is 0.00695. The van der Waals surface area contributed by atoms with E-state index in [0.29, 0.717) is 30.2 Å². The van der Waals surface area contributed by atoms with Crippen molar-refractivity contribution in [3.05, 3.63) is 59.2 Å². The zero-order valence-electron chi connectivity index (χ0n) is 16.1. The van der Waals surface area contributed by atoms with Gasteiger partial charge in [-0.3, -0.25) is 0 Å². The first-order chi connectivity index (χ1) is 12.3. The van der Waals surface area contributed by atoms with E-state index in [1.54, 1.807) is 26.4 Å². The number of hydrogen-bond donors (Lipinski definition) is 1. The molecule has 0 aromatic heterocycles. The molecule has 0 saturated carbocycles. The van der Waals surface area contributed by atoms with Crippen molar-refractivity contribution >= 4 is 5.97 Å². The lowest BCUT2D eigenvalue weighted by Crippen LogP contribution is -2.23. The molecule has 0 saturated heterocycles. The lowest BCUT2D eigenvalue weighted by Gasteiger charge is -2.19. The summed E-state index contributed by atoms with van der Waals surface area (Å²) in [5.74, 6) is 1.13. The van der Waals surface area contributed by atoms with Gasteiger partial charge in [0.25, 0.3) is 0 Å². The number of nitrogens with one attached hydrogen (secondary N) is 1. The topological polar surface area (TPSA) is 56.8 Å². The minimum Gasteiger partial charge on any atom is -0.493 e. The summed E-state index contributed by atoms with van der Waals surface area (Å²) in [7, 11) is 3.25. The molecule has 0 aliphatic heterocycles. The van der Waals surface area contributed by atoms with Gasteiger partial charge < -0.3 is 19.5 Å². The molecule has 0 atom stereocenters. The SMILES string of the molecule is COc1ccc(CNCc2ccc(C(=O)OC(C)(C)C)cc2)cc1OC. The van der Waals surface area contributed by atoms with Crippen LogP contribution in [0.5, 0.6) is 11.5 Å². The Morgan fingerprint density at radius 2 is 1.46 bits per heavy atom. The van der Waals surface area contributed by atoms with Gasteiger partial charge in [0.2, 0.25) is 0 Å². The predicted octanol–water partition coefficient (Wildman–Crippen LogP) is 3.95. The third-order valence-electron chi connectivity index (χ3n) is 3.69. The van der Waals surface area contributed by atoms with Gasteiger partial charge in [-0.05, 0) is 56.2 Å². The number of rotatable bonds is 7. The van der Waals surface area contributed by atoms with Crippen LogP contribution in [0.3, 0.4) is 0 Å². The molecule has 26 heavy (non-hydrogen) atoms. The minimum absolute atomic E-state index is 0.303. The molecule has 2 rings (SSSR count). The molecule has 1 N–H and O–H groups in total. The molecule has 2 aromatic rings. The maximum atomic E-state index is 12.0. The molecule has 5 nitrogen and oxygen atoms in total. The minimum atomic E-state index is -0.489. The van der Waals surface area contributed by atoms with Gasteiger partial charge in [-0.15, -0.1) is 0 Å². The highest BCUT2D eigenvalue weighted by Crippen LogP contribution is 2.27. The summed E-state index contributed by atoms with van der Waals surface area (Å²) in [5.41, 5.74) is 2.27. The van der Waals surface area contributed by atoms with E-state index < -0.39 is 5.60 Å². The summed E-state index contributed by atoms with van der Waals surface area (Å²) in [6.07, 6.45) is 0. The predicted molar refractivity (Wildman–Crippen MR) is 102 cm³/mol. The number of methoxy groups -OCH3 is 2. The molecular weight excluding hydrogens is 330 g/mol. The fraction of sp³-hybridized carbons (Fsp3) is 0.381. The van der Waals surface area contributed by atoms with Crippen LogP contribution in [0.4, 0.5) is 0 Å². The third-order valence-corrected chi connectivity index (χ3v) is 3.69. The van der Waals surface area contributed by atoms with E-state index >= 15 is 0 Å². The molecule has 0 aliphatic carbocycles. The number of ether oxygens (including phenoxy) is 3.